The van der Waals surface area contributed by atoms with Crippen LogP contribution in [0.1, 0.15) is 67.2 Å². The van der Waals surface area contributed by atoms with Gasteiger partial charge in [0.1, 0.15) is 0 Å². The largest absolute Gasteiger partial charge is 0.339 e. The van der Waals surface area contributed by atoms with Crippen molar-refractivity contribution >= 4 is 5.91 Å². The Morgan fingerprint density at radius 1 is 1.29 bits per heavy atom. The van der Waals surface area contributed by atoms with E-state index in [4.69, 9.17) is 0 Å². The Hall–Kier alpha value is -0.570. The first kappa shape index (κ1) is 18.5. The number of hydrogen-bond donors (Lipinski definition) is 1. The van der Waals surface area contributed by atoms with Gasteiger partial charge < -0.3 is 10.2 Å². The van der Waals surface area contributed by atoms with E-state index < -0.39 is 0 Å². The summed E-state index contributed by atoms with van der Waals surface area (Å²) < 4.78 is 0. The Bertz CT molecular complexity index is 315. The van der Waals surface area contributed by atoms with Gasteiger partial charge in [-0.2, -0.15) is 0 Å². The number of nitrogens with zero attached hydrogens (tertiary/aromatic N) is 1. The summed E-state index contributed by atoms with van der Waals surface area (Å²) in [7, 11) is 0. The highest BCUT2D eigenvalue weighted by atomic mass is 16.2. The third-order valence-corrected chi connectivity index (χ3v) is 5.07. The van der Waals surface area contributed by atoms with Crippen molar-refractivity contribution in [2.45, 2.75) is 73.3 Å². The zero-order valence-corrected chi connectivity index (χ0v) is 15.0. The van der Waals surface area contributed by atoms with E-state index in [2.05, 4.69) is 51.8 Å². The van der Waals surface area contributed by atoms with E-state index in [1.54, 1.807) is 0 Å². The predicted octanol–water partition coefficient (Wildman–Crippen LogP) is 3.69. The van der Waals surface area contributed by atoms with Gasteiger partial charge in [0.15, 0.2) is 0 Å². The van der Waals surface area contributed by atoms with Crippen molar-refractivity contribution in [1.82, 2.24) is 10.2 Å². The zero-order chi connectivity index (χ0) is 16.0. The third kappa shape index (κ3) is 4.70. The molecule has 3 nitrogen and oxygen atoms in total. The number of carbonyl (C=O) groups excluding carboxylic acids is 1. The Labute approximate surface area is 131 Å². The van der Waals surface area contributed by atoms with Crippen LogP contribution in [0.3, 0.4) is 0 Å². The molecule has 0 aromatic carbocycles. The highest BCUT2D eigenvalue weighted by molar-refractivity contribution is 5.82. The van der Waals surface area contributed by atoms with Gasteiger partial charge in [-0.3, -0.25) is 4.79 Å². The second kappa shape index (κ2) is 8.17. The maximum Gasteiger partial charge on any atom is 0.228 e. The third-order valence-electron chi connectivity index (χ3n) is 5.07. The Kier molecular flexibility index (Phi) is 7.19. The normalized spacial score (nSPS) is 20.1. The summed E-state index contributed by atoms with van der Waals surface area (Å²) in [5.41, 5.74) is -0.259. The molecule has 1 aliphatic rings. The van der Waals surface area contributed by atoms with Gasteiger partial charge in [-0.25, -0.2) is 0 Å². The minimum absolute atomic E-state index is 0.259. The highest BCUT2D eigenvalue weighted by Gasteiger charge is 2.41. The van der Waals surface area contributed by atoms with Gasteiger partial charge >= 0.3 is 0 Å². The summed E-state index contributed by atoms with van der Waals surface area (Å²) in [5.74, 6) is 1.34. The van der Waals surface area contributed by atoms with Gasteiger partial charge in [-0.15, -0.1) is 0 Å². The topological polar surface area (TPSA) is 32.3 Å². The summed E-state index contributed by atoms with van der Waals surface area (Å²) in [6.45, 7) is 16.1. The maximum atomic E-state index is 13.3. The second-order valence-electron chi connectivity index (χ2n) is 7.59. The van der Waals surface area contributed by atoms with Crippen molar-refractivity contribution < 1.29 is 4.79 Å². The van der Waals surface area contributed by atoms with E-state index in [0.717, 1.165) is 32.5 Å². The summed E-state index contributed by atoms with van der Waals surface area (Å²) in [6.07, 6.45) is 4.46. The first-order chi connectivity index (χ1) is 9.84. The molecule has 1 rings (SSSR count). The van der Waals surface area contributed by atoms with Crippen molar-refractivity contribution in [3.05, 3.63) is 0 Å². The van der Waals surface area contributed by atoms with Crippen molar-refractivity contribution in [3.8, 4) is 0 Å². The average molecular weight is 296 g/mol. The van der Waals surface area contributed by atoms with E-state index in [9.17, 15) is 4.79 Å². The van der Waals surface area contributed by atoms with Crippen LogP contribution in [0.25, 0.3) is 0 Å². The van der Waals surface area contributed by atoms with Gasteiger partial charge in [0, 0.05) is 18.0 Å². The van der Waals surface area contributed by atoms with Gasteiger partial charge in [-0.1, -0.05) is 41.5 Å². The van der Waals surface area contributed by atoms with Crippen LogP contribution in [0.4, 0.5) is 0 Å². The smallest absolute Gasteiger partial charge is 0.228 e. The first-order valence-corrected chi connectivity index (χ1v) is 8.86. The number of amides is 1. The average Bonchev–Trinajstić information content (AvgIpc) is 2.47. The second-order valence-corrected chi connectivity index (χ2v) is 7.59. The maximum absolute atomic E-state index is 13.3. The van der Waals surface area contributed by atoms with Gasteiger partial charge in [0.2, 0.25) is 5.91 Å². The molecule has 1 N–H and O–H groups in total. The first-order valence-electron chi connectivity index (χ1n) is 8.86. The fraction of sp³-hybridized carbons (Fsp3) is 0.944. The Morgan fingerprint density at radius 2 is 1.90 bits per heavy atom. The fourth-order valence-electron chi connectivity index (χ4n) is 3.53. The van der Waals surface area contributed by atoms with E-state index in [1.807, 2.05) is 0 Å². The van der Waals surface area contributed by atoms with Crippen LogP contribution in [0.15, 0.2) is 0 Å². The van der Waals surface area contributed by atoms with E-state index >= 15 is 0 Å². The van der Waals surface area contributed by atoms with Crippen LogP contribution >= 0.6 is 0 Å². The number of hydrogen-bond acceptors (Lipinski definition) is 2. The number of piperidine rings is 1. The fourth-order valence-corrected chi connectivity index (χ4v) is 3.53. The minimum atomic E-state index is -0.259. The van der Waals surface area contributed by atoms with Crippen molar-refractivity contribution in [3.63, 3.8) is 0 Å². The molecule has 1 fully saturated rings. The van der Waals surface area contributed by atoms with Gasteiger partial charge in [-0.05, 0) is 50.6 Å². The van der Waals surface area contributed by atoms with Gasteiger partial charge in [0.25, 0.3) is 0 Å². The molecule has 0 aliphatic carbocycles. The molecule has 0 spiro atoms. The highest BCUT2D eigenvalue weighted by Crippen LogP contribution is 2.35. The van der Waals surface area contributed by atoms with E-state index in [0.29, 0.717) is 23.8 Å². The number of carbonyl (C=O) groups is 1. The molecule has 3 heteroatoms. The molecule has 0 aromatic rings. The number of rotatable bonds is 7. The summed E-state index contributed by atoms with van der Waals surface area (Å²) in [6, 6.07) is 0.385. The predicted molar refractivity (Wildman–Crippen MR) is 90.3 cm³/mol. The zero-order valence-electron chi connectivity index (χ0n) is 15.0. The molecule has 21 heavy (non-hydrogen) atoms. The molecule has 1 saturated heterocycles. The molecule has 0 saturated carbocycles. The van der Waals surface area contributed by atoms with Crippen molar-refractivity contribution in [2.75, 3.05) is 19.6 Å². The SMILES string of the molecule is CCC(CC)N(CC(C)C)C(=O)C(C)(C)C1CCCNC1. The molecule has 1 aliphatic heterocycles. The number of nitrogens with one attached hydrogen (secondary N) is 1. The van der Waals surface area contributed by atoms with Crippen molar-refractivity contribution in [2.24, 2.45) is 17.3 Å². The van der Waals surface area contributed by atoms with Crippen LogP contribution in [0, 0.1) is 17.3 Å². The Balaban J connectivity index is 2.90. The molecule has 124 valence electrons. The molecule has 1 heterocycles. The summed E-state index contributed by atoms with van der Waals surface area (Å²) >= 11 is 0. The van der Waals surface area contributed by atoms with Crippen molar-refractivity contribution in [1.29, 1.82) is 0 Å². The monoisotopic (exact) mass is 296 g/mol. The molecule has 1 unspecified atom stereocenters. The molecular formula is C18H36N2O. The molecule has 0 radical (unpaired) electrons. The van der Waals surface area contributed by atoms with Crippen LogP contribution < -0.4 is 5.32 Å². The molecule has 0 aromatic heterocycles. The van der Waals surface area contributed by atoms with E-state index in [1.165, 1.54) is 12.8 Å². The lowest BCUT2D eigenvalue weighted by molar-refractivity contribution is -0.147. The lowest BCUT2D eigenvalue weighted by Crippen LogP contribution is -2.52. The molecule has 0 bridgehead atoms. The Morgan fingerprint density at radius 3 is 2.33 bits per heavy atom. The van der Waals surface area contributed by atoms with E-state index in [-0.39, 0.29) is 5.41 Å². The molecule has 1 atom stereocenters. The van der Waals surface area contributed by atoms with Crippen LogP contribution in [-0.4, -0.2) is 36.5 Å². The lowest BCUT2D eigenvalue weighted by atomic mass is 9.73. The van der Waals surface area contributed by atoms with Crippen LogP contribution in [-0.2, 0) is 4.79 Å². The standard InChI is InChI=1S/C18H36N2O/c1-7-16(8-2)20(13-14(3)4)17(21)18(5,6)15-10-9-11-19-12-15/h14-16,19H,7-13H2,1-6H3. The minimum Gasteiger partial charge on any atom is -0.339 e. The molecule has 1 amide bonds. The summed E-state index contributed by atoms with van der Waals surface area (Å²) in [4.78, 5) is 15.4. The molecular weight excluding hydrogens is 260 g/mol. The lowest BCUT2D eigenvalue weighted by Gasteiger charge is -2.42. The van der Waals surface area contributed by atoms with Crippen LogP contribution in [0.5, 0.6) is 0 Å². The van der Waals surface area contributed by atoms with Gasteiger partial charge in [0.05, 0.1) is 0 Å². The van der Waals surface area contributed by atoms with Crippen LogP contribution in [0.2, 0.25) is 0 Å². The summed E-state index contributed by atoms with van der Waals surface area (Å²) in [5, 5.41) is 3.46. The quantitative estimate of drug-likeness (QED) is 0.777.